The molecule has 0 aliphatic heterocycles. The molecule has 0 saturated heterocycles. The molecule has 0 radical (unpaired) electrons. The van der Waals surface area contributed by atoms with Crippen LogP contribution >= 0.6 is 11.6 Å². The average Bonchev–Trinajstić information content (AvgIpc) is 2.82. The van der Waals surface area contributed by atoms with Gasteiger partial charge in [-0.2, -0.15) is 0 Å². The third kappa shape index (κ3) is 4.05. The molecule has 1 aromatic rings. The molecule has 1 aliphatic carbocycles. The summed E-state index contributed by atoms with van der Waals surface area (Å²) in [6, 6.07) is 3.47. The third-order valence-corrected chi connectivity index (χ3v) is 3.82. The first-order valence-corrected chi connectivity index (χ1v) is 7.13. The van der Waals surface area contributed by atoms with Gasteiger partial charge in [-0.05, 0) is 36.6 Å². The van der Waals surface area contributed by atoms with Crippen molar-refractivity contribution >= 4 is 23.6 Å². The summed E-state index contributed by atoms with van der Waals surface area (Å²) in [5.41, 5.74) is 0.115. The Labute approximate surface area is 124 Å². The number of pyridine rings is 1. The number of carbonyl (C=O) groups is 1. The molecule has 1 fully saturated rings. The second-order valence-electron chi connectivity index (χ2n) is 5.37. The lowest BCUT2D eigenvalue weighted by atomic mass is 10.0. The van der Waals surface area contributed by atoms with E-state index in [1.165, 1.54) is 6.08 Å². The largest absolute Gasteiger partial charge is 0.388 e. The topological polar surface area (TPSA) is 53.4 Å². The van der Waals surface area contributed by atoms with Crippen molar-refractivity contribution in [3.05, 3.63) is 35.1 Å². The molecule has 0 spiro atoms. The molecule has 1 aromatic heterocycles. The number of hydrogen-bond donors (Lipinski definition) is 1. The molecule has 108 valence electrons. The SMILES string of the molecule is CN(CC1(O)CCCC1)C(=O)/C=C/c1ccnc(Cl)c1. The Morgan fingerprint density at radius 3 is 2.90 bits per heavy atom. The quantitative estimate of drug-likeness (QED) is 0.686. The highest BCUT2D eigenvalue weighted by molar-refractivity contribution is 6.29. The first-order chi connectivity index (χ1) is 9.48. The van der Waals surface area contributed by atoms with Gasteiger partial charge in [0, 0.05) is 25.9 Å². The van der Waals surface area contributed by atoms with Crippen LogP contribution in [0.15, 0.2) is 24.4 Å². The molecule has 1 N–H and O–H groups in total. The minimum Gasteiger partial charge on any atom is -0.388 e. The van der Waals surface area contributed by atoms with E-state index in [2.05, 4.69) is 4.98 Å². The summed E-state index contributed by atoms with van der Waals surface area (Å²) in [7, 11) is 1.71. The van der Waals surface area contributed by atoms with Gasteiger partial charge in [0.1, 0.15) is 5.15 Å². The highest BCUT2D eigenvalue weighted by Gasteiger charge is 2.32. The van der Waals surface area contributed by atoms with Crippen molar-refractivity contribution < 1.29 is 9.90 Å². The number of rotatable bonds is 4. The van der Waals surface area contributed by atoms with E-state index >= 15 is 0 Å². The number of likely N-dealkylation sites (N-methyl/N-ethyl adjacent to an activating group) is 1. The summed E-state index contributed by atoms with van der Waals surface area (Å²) in [5.74, 6) is -0.127. The van der Waals surface area contributed by atoms with Gasteiger partial charge in [-0.1, -0.05) is 24.4 Å². The van der Waals surface area contributed by atoms with E-state index in [-0.39, 0.29) is 5.91 Å². The van der Waals surface area contributed by atoms with Crippen molar-refractivity contribution in [2.75, 3.05) is 13.6 Å². The third-order valence-electron chi connectivity index (χ3n) is 3.61. The fourth-order valence-electron chi connectivity index (χ4n) is 2.53. The Morgan fingerprint density at radius 1 is 1.55 bits per heavy atom. The van der Waals surface area contributed by atoms with Gasteiger partial charge in [0.25, 0.3) is 0 Å². The lowest BCUT2D eigenvalue weighted by Crippen LogP contribution is -2.41. The number of amides is 1. The summed E-state index contributed by atoms with van der Waals surface area (Å²) < 4.78 is 0. The first kappa shape index (κ1) is 15.0. The lowest BCUT2D eigenvalue weighted by Gasteiger charge is -2.27. The van der Waals surface area contributed by atoms with Crippen molar-refractivity contribution in [2.24, 2.45) is 0 Å². The second kappa shape index (κ2) is 6.37. The van der Waals surface area contributed by atoms with Crippen LogP contribution in [0.2, 0.25) is 5.15 Å². The first-order valence-electron chi connectivity index (χ1n) is 6.76. The lowest BCUT2D eigenvalue weighted by molar-refractivity contribution is -0.127. The fourth-order valence-corrected chi connectivity index (χ4v) is 2.71. The summed E-state index contributed by atoms with van der Waals surface area (Å²) in [5, 5.41) is 10.7. The number of aliphatic hydroxyl groups is 1. The highest BCUT2D eigenvalue weighted by atomic mass is 35.5. The van der Waals surface area contributed by atoms with E-state index in [4.69, 9.17) is 11.6 Å². The molecular formula is C15H19ClN2O2. The second-order valence-corrected chi connectivity index (χ2v) is 5.76. The van der Waals surface area contributed by atoms with Crippen LogP contribution in [0.3, 0.4) is 0 Å². The number of halogens is 1. The van der Waals surface area contributed by atoms with Gasteiger partial charge in [0.05, 0.1) is 5.60 Å². The van der Waals surface area contributed by atoms with Gasteiger partial charge in [-0.25, -0.2) is 4.98 Å². The molecule has 1 aliphatic rings. The van der Waals surface area contributed by atoms with Crippen LogP contribution in [-0.2, 0) is 4.79 Å². The normalized spacial score (nSPS) is 17.6. The predicted molar refractivity (Wildman–Crippen MR) is 79.3 cm³/mol. The number of aromatic nitrogens is 1. The Kier molecular flexibility index (Phi) is 4.78. The molecule has 1 amide bonds. The minimum absolute atomic E-state index is 0.127. The summed E-state index contributed by atoms with van der Waals surface area (Å²) >= 11 is 5.78. The molecule has 1 heterocycles. The van der Waals surface area contributed by atoms with Gasteiger partial charge >= 0.3 is 0 Å². The van der Waals surface area contributed by atoms with E-state index in [0.717, 1.165) is 31.2 Å². The Hall–Kier alpha value is -1.39. The van der Waals surface area contributed by atoms with Crippen molar-refractivity contribution in [1.29, 1.82) is 0 Å². The van der Waals surface area contributed by atoms with Crippen LogP contribution in [0.25, 0.3) is 6.08 Å². The van der Waals surface area contributed by atoms with Crippen LogP contribution in [-0.4, -0.2) is 40.1 Å². The maximum Gasteiger partial charge on any atom is 0.246 e. The maximum absolute atomic E-state index is 12.0. The zero-order valence-corrected chi connectivity index (χ0v) is 12.3. The zero-order valence-electron chi connectivity index (χ0n) is 11.6. The van der Waals surface area contributed by atoms with Crippen molar-refractivity contribution in [1.82, 2.24) is 9.88 Å². The number of hydrogen-bond acceptors (Lipinski definition) is 3. The van der Waals surface area contributed by atoms with E-state index in [9.17, 15) is 9.90 Å². The van der Waals surface area contributed by atoms with Crippen molar-refractivity contribution in [3.8, 4) is 0 Å². The van der Waals surface area contributed by atoms with E-state index in [1.54, 1.807) is 36.4 Å². The Morgan fingerprint density at radius 2 is 2.25 bits per heavy atom. The molecule has 2 rings (SSSR count). The zero-order chi connectivity index (χ0) is 14.6. The highest BCUT2D eigenvalue weighted by Crippen LogP contribution is 2.29. The fraction of sp³-hybridized carbons (Fsp3) is 0.467. The smallest absolute Gasteiger partial charge is 0.246 e. The van der Waals surface area contributed by atoms with Crippen LogP contribution in [0.4, 0.5) is 0 Å². The summed E-state index contributed by atoms with van der Waals surface area (Å²) in [6.07, 6.45) is 8.39. The predicted octanol–water partition coefficient (Wildman–Crippen LogP) is 2.51. The van der Waals surface area contributed by atoms with Crippen LogP contribution in [0.5, 0.6) is 0 Å². The standard InChI is InChI=1S/C15H19ClN2O2/c1-18(11-15(20)7-2-3-8-15)14(19)5-4-12-6-9-17-13(16)10-12/h4-6,9-10,20H,2-3,7-8,11H2,1H3/b5-4+. The van der Waals surface area contributed by atoms with Gasteiger partial charge in [0.2, 0.25) is 5.91 Å². The summed E-state index contributed by atoms with van der Waals surface area (Å²) in [4.78, 5) is 17.5. The molecule has 5 heteroatoms. The molecule has 0 aromatic carbocycles. The van der Waals surface area contributed by atoms with E-state index < -0.39 is 5.60 Å². The Balaban J connectivity index is 1.93. The number of carbonyl (C=O) groups excluding carboxylic acids is 1. The molecule has 1 saturated carbocycles. The Bertz CT molecular complexity index is 510. The molecular weight excluding hydrogens is 276 g/mol. The van der Waals surface area contributed by atoms with Crippen LogP contribution in [0, 0.1) is 0 Å². The van der Waals surface area contributed by atoms with Gasteiger partial charge in [-0.15, -0.1) is 0 Å². The summed E-state index contributed by atoms with van der Waals surface area (Å²) in [6.45, 7) is 0.382. The maximum atomic E-state index is 12.0. The van der Waals surface area contributed by atoms with Gasteiger partial charge < -0.3 is 10.0 Å². The number of nitrogens with zero attached hydrogens (tertiary/aromatic N) is 2. The molecule has 0 unspecified atom stereocenters. The molecule has 4 nitrogen and oxygen atoms in total. The van der Waals surface area contributed by atoms with Crippen LogP contribution < -0.4 is 0 Å². The van der Waals surface area contributed by atoms with Crippen molar-refractivity contribution in [2.45, 2.75) is 31.3 Å². The molecule has 0 atom stereocenters. The average molecular weight is 295 g/mol. The van der Waals surface area contributed by atoms with Gasteiger partial charge in [0.15, 0.2) is 0 Å². The van der Waals surface area contributed by atoms with E-state index in [0.29, 0.717) is 11.7 Å². The van der Waals surface area contributed by atoms with Gasteiger partial charge in [-0.3, -0.25) is 4.79 Å². The monoisotopic (exact) mass is 294 g/mol. The molecule has 20 heavy (non-hydrogen) atoms. The van der Waals surface area contributed by atoms with Crippen LogP contribution in [0.1, 0.15) is 31.2 Å². The minimum atomic E-state index is -0.710. The van der Waals surface area contributed by atoms with E-state index in [1.807, 2.05) is 0 Å². The molecule has 0 bridgehead atoms. The van der Waals surface area contributed by atoms with Crippen molar-refractivity contribution in [3.63, 3.8) is 0 Å².